The molecule has 0 bridgehead atoms. The Kier molecular flexibility index (Phi) is 7.05. The first kappa shape index (κ1) is 20.1. The van der Waals surface area contributed by atoms with Gasteiger partial charge in [-0.15, -0.1) is 11.3 Å². The van der Waals surface area contributed by atoms with Crippen molar-refractivity contribution in [3.8, 4) is 0 Å². The third-order valence-electron chi connectivity index (χ3n) is 5.20. The van der Waals surface area contributed by atoms with E-state index in [0.29, 0.717) is 19.1 Å². The summed E-state index contributed by atoms with van der Waals surface area (Å²) in [5.74, 6) is 0.473. The quantitative estimate of drug-likeness (QED) is 0.742. The molecule has 1 aromatic carbocycles. The predicted molar refractivity (Wildman–Crippen MR) is 111 cm³/mol. The van der Waals surface area contributed by atoms with E-state index in [0.717, 1.165) is 19.5 Å². The minimum absolute atomic E-state index is 0.0473. The molecule has 2 heterocycles. The fourth-order valence-electron chi connectivity index (χ4n) is 3.55. The van der Waals surface area contributed by atoms with Crippen LogP contribution in [0.15, 0.2) is 35.7 Å². The minimum Gasteiger partial charge on any atom is -0.372 e. The number of rotatable bonds is 8. The zero-order valence-electron chi connectivity index (χ0n) is 16.5. The molecule has 0 fully saturated rings. The van der Waals surface area contributed by atoms with E-state index in [1.807, 2.05) is 18.3 Å². The maximum atomic E-state index is 12.1. The lowest BCUT2D eigenvalue weighted by molar-refractivity contribution is -0.125. The number of fused-ring (bicyclic) bond motifs is 1. The van der Waals surface area contributed by atoms with E-state index in [-0.39, 0.29) is 18.6 Å². The summed E-state index contributed by atoms with van der Waals surface area (Å²) in [5, 5.41) is 5.25. The minimum atomic E-state index is -0.0473. The first-order valence-electron chi connectivity index (χ1n) is 9.82. The van der Waals surface area contributed by atoms with Gasteiger partial charge in [0.1, 0.15) is 6.61 Å². The Morgan fingerprint density at radius 2 is 1.96 bits per heavy atom. The molecule has 27 heavy (non-hydrogen) atoms. The second-order valence-corrected chi connectivity index (χ2v) is 8.37. The molecule has 2 aromatic rings. The van der Waals surface area contributed by atoms with Gasteiger partial charge in [-0.05, 0) is 47.4 Å². The monoisotopic (exact) mass is 386 g/mol. The highest BCUT2D eigenvalue weighted by Crippen LogP contribution is 2.30. The molecule has 0 aliphatic carbocycles. The maximum absolute atomic E-state index is 12.1. The van der Waals surface area contributed by atoms with Gasteiger partial charge in [-0.1, -0.05) is 38.1 Å². The first-order chi connectivity index (χ1) is 13.1. The summed E-state index contributed by atoms with van der Waals surface area (Å²) < 4.78 is 5.23. The van der Waals surface area contributed by atoms with E-state index in [1.54, 1.807) is 0 Å². The highest BCUT2D eigenvalue weighted by atomic mass is 32.1. The molecular formula is C22H30N2O2S. The molecule has 1 atom stereocenters. The molecule has 0 radical (unpaired) electrons. The predicted octanol–water partition coefficient (Wildman–Crippen LogP) is 4.12. The molecule has 1 aliphatic rings. The van der Waals surface area contributed by atoms with Crippen molar-refractivity contribution in [1.29, 1.82) is 0 Å². The van der Waals surface area contributed by atoms with Crippen molar-refractivity contribution in [3.63, 3.8) is 0 Å². The number of hydrogen-bond donors (Lipinski definition) is 1. The van der Waals surface area contributed by atoms with Gasteiger partial charge in [0.25, 0.3) is 0 Å². The molecule has 1 unspecified atom stereocenters. The topological polar surface area (TPSA) is 41.6 Å². The van der Waals surface area contributed by atoms with E-state index in [2.05, 4.69) is 59.8 Å². The Morgan fingerprint density at radius 1 is 1.22 bits per heavy atom. The second kappa shape index (κ2) is 9.49. The number of hydrogen-bond acceptors (Lipinski definition) is 4. The standard InChI is InChI=1S/C22H30N2O2S/c1-4-26-15-22(25)23-13-20(18-7-5-17(6-8-18)16(2)3)24-11-9-21-19(14-24)10-12-27-21/h5-8,10,12,16,20H,4,9,11,13-15H2,1-3H3,(H,23,25). The average molecular weight is 387 g/mol. The zero-order chi connectivity index (χ0) is 19.2. The molecule has 0 saturated carbocycles. The van der Waals surface area contributed by atoms with Crippen LogP contribution in [-0.4, -0.2) is 37.1 Å². The molecule has 0 spiro atoms. The summed E-state index contributed by atoms with van der Waals surface area (Å²) in [6.07, 6.45) is 1.08. The van der Waals surface area contributed by atoms with Crippen LogP contribution in [0.25, 0.3) is 0 Å². The number of nitrogens with zero attached hydrogens (tertiary/aromatic N) is 1. The molecule has 1 N–H and O–H groups in total. The van der Waals surface area contributed by atoms with Gasteiger partial charge in [0, 0.05) is 31.1 Å². The Balaban J connectivity index is 1.75. The van der Waals surface area contributed by atoms with Crippen molar-refractivity contribution in [2.75, 3.05) is 26.3 Å². The molecule has 1 aromatic heterocycles. The van der Waals surface area contributed by atoms with E-state index >= 15 is 0 Å². The van der Waals surface area contributed by atoms with Crippen molar-refractivity contribution in [2.24, 2.45) is 0 Å². The Hall–Kier alpha value is -1.69. The van der Waals surface area contributed by atoms with Crippen LogP contribution in [-0.2, 0) is 22.5 Å². The van der Waals surface area contributed by atoms with Crippen molar-refractivity contribution >= 4 is 17.2 Å². The largest absolute Gasteiger partial charge is 0.372 e. The van der Waals surface area contributed by atoms with Crippen molar-refractivity contribution < 1.29 is 9.53 Å². The lowest BCUT2D eigenvalue weighted by Gasteiger charge is -2.35. The first-order valence-corrected chi connectivity index (χ1v) is 10.7. The molecule has 0 saturated heterocycles. The van der Waals surface area contributed by atoms with Crippen LogP contribution < -0.4 is 5.32 Å². The summed E-state index contributed by atoms with van der Waals surface area (Å²) in [6, 6.07) is 11.3. The number of nitrogens with one attached hydrogen (secondary N) is 1. The van der Waals surface area contributed by atoms with Crippen LogP contribution in [0.5, 0.6) is 0 Å². The number of amides is 1. The number of ether oxygens (including phenoxy) is 1. The molecule has 1 amide bonds. The van der Waals surface area contributed by atoms with Crippen molar-refractivity contribution in [2.45, 2.75) is 45.7 Å². The highest BCUT2D eigenvalue weighted by molar-refractivity contribution is 7.10. The molecular weight excluding hydrogens is 356 g/mol. The summed E-state index contributed by atoms with van der Waals surface area (Å²) in [6.45, 7) is 9.57. The number of benzene rings is 1. The second-order valence-electron chi connectivity index (χ2n) is 7.37. The van der Waals surface area contributed by atoms with Crippen LogP contribution in [0, 0.1) is 0 Å². The molecule has 3 rings (SSSR count). The maximum Gasteiger partial charge on any atom is 0.246 e. The van der Waals surface area contributed by atoms with E-state index in [4.69, 9.17) is 4.74 Å². The number of carbonyl (C=O) groups is 1. The summed E-state index contributed by atoms with van der Waals surface area (Å²) in [7, 11) is 0. The van der Waals surface area contributed by atoms with Gasteiger partial charge in [0.05, 0.1) is 6.04 Å². The number of carbonyl (C=O) groups excluding carboxylic acids is 1. The van der Waals surface area contributed by atoms with Gasteiger partial charge >= 0.3 is 0 Å². The van der Waals surface area contributed by atoms with Crippen LogP contribution in [0.2, 0.25) is 0 Å². The lowest BCUT2D eigenvalue weighted by atomic mass is 9.97. The van der Waals surface area contributed by atoms with Gasteiger partial charge in [-0.2, -0.15) is 0 Å². The molecule has 146 valence electrons. The van der Waals surface area contributed by atoms with Crippen molar-refractivity contribution in [3.05, 3.63) is 57.3 Å². The Morgan fingerprint density at radius 3 is 2.67 bits per heavy atom. The Labute approximate surface area is 166 Å². The van der Waals surface area contributed by atoms with Crippen LogP contribution in [0.1, 0.15) is 54.3 Å². The van der Waals surface area contributed by atoms with Gasteiger partial charge in [-0.3, -0.25) is 9.69 Å². The third kappa shape index (κ3) is 5.18. The van der Waals surface area contributed by atoms with E-state index < -0.39 is 0 Å². The van der Waals surface area contributed by atoms with Crippen molar-refractivity contribution in [1.82, 2.24) is 10.2 Å². The van der Waals surface area contributed by atoms with E-state index in [9.17, 15) is 4.79 Å². The average Bonchev–Trinajstić information content (AvgIpc) is 3.15. The van der Waals surface area contributed by atoms with Crippen LogP contribution in [0.4, 0.5) is 0 Å². The van der Waals surface area contributed by atoms with Gasteiger partial charge in [0.2, 0.25) is 5.91 Å². The smallest absolute Gasteiger partial charge is 0.246 e. The summed E-state index contributed by atoms with van der Waals surface area (Å²) in [4.78, 5) is 16.1. The molecule has 4 nitrogen and oxygen atoms in total. The SMILES string of the molecule is CCOCC(=O)NCC(c1ccc(C(C)C)cc1)N1CCc2sccc2C1. The van der Waals surface area contributed by atoms with Crippen LogP contribution >= 0.6 is 11.3 Å². The molecule has 5 heteroatoms. The van der Waals surface area contributed by atoms with Gasteiger partial charge in [-0.25, -0.2) is 0 Å². The van der Waals surface area contributed by atoms with E-state index in [1.165, 1.54) is 21.6 Å². The third-order valence-corrected chi connectivity index (χ3v) is 6.22. The van der Waals surface area contributed by atoms with Gasteiger partial charge in [0.15, 0.2) is 0 Å². The van der Waals surface area contributed by atoms with Gasteiger partial charge < -0.3 is 10.1 Å². The number of thiophene rings is 1. The molecule has 1 aliphatic heterocycles. The zero-order valence-corrected chi connectivity index (χ0v) is 17.3. The summed E-state index contributed by atoms with van der Waals surface area (Å²) in [5.41, 5.74) is 4.03. The lowest BCUT2D eigenvalue weighted by Crippen LogP contribution is -2.41. The fraction of sp³-hybridized carbons (Fsp3) is 0.500. The van der Waals surface area contributed by atoms with Crippen LogP contribution in [0.3, 0.4) is 0 Å². The fourth-order valence-corrected chi connectivity index (χ4v) is 4.44. The summed E-state index contributed by atoms with van der Waals surface area (Å²) >= 11 is 1.85. The normalized spacial score (nSPS) is 15.6. The Bertz CT molecular complexity index is 739. The highest BCUT2D eigenvalue weighted by Gasteiger charge is 2.26.